The van der Waals surface area contributed by atoms with Gasteiger partial charge in [0.05, 0.1) is 6.04 Å². The van der Waals surface area contributed by atoms with Crippen LogP contribution in [0.3, 0.4) is 0 Å². The predicted octanol–water partition coefficient (Wildman–Crippen LogP) is 2.36. The lowest BCUT2D eigenvalue weighted by Crippen LogP contribution is -2.52. The topological polar surface area (TPSA) is 52.6 Å². The van der Waals surface area contributed by atoms with E-state index in [-0.39, 0.29) is 17.7 Å². The monoisotopic (exact) mass is 306 g/mol. The fourth-order valence-corrected chi connectivity index (χ4v) is 4.96. The number of aliphatic hydroxyl groups excluding tert-OH is 1. The standard InChI is InChI=1S/C18H30N2O2/c1-12-5-14(11-21)10-20(9-12)17-4-3-15-8-19-18(13(2)22)7-16(15)6-17/h11-12,14-19,22H,2-10H2,1H3/t12?,14?,15?,16?,17?,18-/m0/s1. The Labute approximate surface area is 134 Å². The summed E-state index contributed by atoms with van der Waals surface area (Å²) in [4.78, 5) is 13.8. The molecule has 5 unspecified atom stereocenters. The van der Waals surface area contributed by atoms with Crippen molar-refractivity contribution in [2.75, 3.05) is 19.6 Å². The van der Waals surface area contributed by atoms with Crippen molar-refractivity contribution in [2.45, 2.75) is 51.1 Å². The summed E-state index contributed by atoms with van der Waals surface area (Å²) in [6, 6.07) is 0.695. The minimum Gasteiger partial charge on any atom is -0.511 e. The lowest BCUT2D eigenvalue weighted by molar-refractivity contribution is -0.113. The number of fused-ring (bicyclic) bond motifs is 1. The Morgan fingerprint density at radius 3 is 2.77 bits per heavy atom. The van der Waals surface area contributed by atoms with Gasteiger partial charge in [-0.2, -0.15) is 0 Å². The second kappa shape index (κ2) is 6.71. The Bertz CT molecular complexity index is 425. The molecule has 4 heteroatoms. The molecule has 0 radical (unpaired) electrons. The number of aldehydes is 1. The summed E-state index contributed by atoms with van der Waals surface area (Å²) < 4.78 is 0. The van der Waals surface area contributed by atoms with Gasteiger partial charge in [0.1, 0.15) is 12.0 Å². The lowest BCUT2D eigenvalue weighted by atomic mass is 9.71. The quantitative estimate of drug-likeness (QED) is 0.621. The summed E-state index contributed by atoms with van der Waals surface area (Å²) in [5.41, 5.74) is 0. The smallest absolute Gasteiger partial charge is 0.124 e. The van der Waals surface area contributed by atoms with Crippen molar-refractivity contribution in [3.63, 3.8) is 0 Å². The van der Waals surface area contributed by atoms with Crippen LogP contribution in [0.25, 0.3) is 0 Å². The second-order valence-electron chi connectivity index (χ2n) is 7.87. The Balaban J connectivity index is 1.62. The molecule has 1 aliphatic carbocycles. The van der Waals surface area contributed by atoms with Gasteiger partial charge in [-0.15, -0.1) is 0 Å². The van der Waals surface area contributed by atoms with Crippen LogP contribution in [0, 0.1) is 23.7 Å². The first-order valence-electron chi connectivity index (χ1n) is 8.87. The third kappa shape index (κ3) is 3.38. The molecule has 0 spiro atoms. The van der Waals surface area contributed by atoms with Crippen LogP contribution in [0.5, 0.6) is 0 Å². The maximum Gasteiger partial charge on any atom is 0.124 e. The van der Waals surface area contributed by atoms with Gasteiger partial charge >= 0.3 is 0 Å². The van der Waals surface area contributed by atoms with E-state index >= 15 is 0 Å². The molecule has 2 aliphatic heterocycles. The summed E-state index contributed by atoms with van der Waals surface area (Å²) in [5.74, 6) is 2.56. The number of carbonyl (C=O) groups is 1. The van der Waals surface area contributed by atoms with Crippen LogP contribution in [-0.2, 0) is 4.79 Å². The number of nitrogens with zero attached hydrogens (tertiary/aromatic N) is 1. The molecular weight excluding hydrogens is 276 g/mol. The van der Waals surface area contributed by atoms with E-state index in [1.54, 1.807) is 0 Å². The molecule has 0 amide bonds. The van der Waals surface area contributed by atoms with Crippen molar-refractivity contribution >= 4 is 6.29 Å². The predicted molar refractivity (Wildman–Crippen MR) is 87.7 cm³/mol. The van der Waals surface area contributed by atoms with E-state index < -0.39 is 0 Å². The van der Waals surface area contributed by atoms with Crippen molar-refractivity contribution in [1.82, 2.24) is 10.2 Å². The van der Waals surface area contributed by atoms with E-state index in [0.717, 1.165) is 44.7 Å². The highest BCUT2D eigenvalue weighted by molar-refractivity contribution is 5.54. The fourth-order valence-electron chi connectivity index (χ4n) is 4.96. The molecule has 0 aromatic heterocycles. The fraction of sp³-hybridized carbons (Fsp3) is 0.833. The van der Waals surface area contributed by atoms with Crippen molar-refractivity contribution in [1.29, 1.82) is 0 Å². The molecule has 1 saturated carbocycles. The van der Waals surface area contributed by atoms with E-state index in [1.807, 2.05) is 0 Å². The molecule has 0 aromatic carbocycles. The molecule has 3 aliphatic rings. The first kappa shape index (κ1) is 16.0. The van der Waals surface area contributed by atoms with Crippen LogP contribution in [0.1, 0.15) is 39.0 Å². The normalized spacial score (nSPS) is 43.3. The van der Waals surface area contributed by atoms with E-state index in [1.165, 1.54) is 19.3 Å². The number of rotatable bonds is 3. The third-order valence-electron chi connectivity index (χ3n) is 6.11. The molecule has 2 heterocycles. The molecule has 4 nitrogen and oxygen atoms in total. The van der Waals surface area contributed by atoms with Gasteiger partial charge < -0.3 is 15.2 Å². The van der Waals surface area contributed by atoms with Crippen LogP contribution in [0.4, 0.5) is 0 Å². The van der Waals surface area contributed by atoms with E-state index in [9.17, 15) is 9.90 Å². The molecule has 2 N–H and O–H groups in total. The van der Waals surface area contributed by atoms with E-state index in [4.69, 9.17) is 0 Å². The summed E-state index contributed by atoms with van der Waals surface area (Å²) >= 11 is 0. The Morgan fingerprint density at radius 1 is 1.23 bits per heavy atom. The SMILES string of the molecule is C=C(O)[C@@H]1CC2CC(N3CC(C)CC(C=O)C3)CCC2CN1. The first-order valence-corrected chi connectivity index (χ1v) is 8.87. The molecule has 124 valence electrons. The average Bonchev–Trinajstić information content (AvgIpc) is 2.53. The minimum atomic E-state index is 0.0722. The van der Waals surface area contributed by atoms with Gasteiger partial charge in [-0.25, -0.2) is 0 Å². The van der Waals surface area contributed by atoms with Crippen LogP contribution < -0.4 is 5.32 Å². The zero-order valence-corrected chi connectivity index (χ0v) is 13.7. The van der Waals surface area contributed by atoms with Crippen LogP contribution in [-0.4, -0.2) is 48.0 Å². The van der Waals surface area contributed by atoms with Gasteiger partial charge in [-0.05, 0) is 56.4 Å². The van der Waals surface area contributed by atoms with E-state index in [0.29, 0.717) is 17.9 Å². The van der Waals surface area contributed by atoms with Gasteiger partial charge in [0.25, 0.3) is 0 Å². The summed E-state index contributed by atoms with van der Waals surface area (Å²) in [5, 5.41) is 13.1. The summed E-state index contributed by atoms with van der Waals surface area (Å²) in [6.45, 7) is 9.07. The van der Waals surface area contributed by atoms with Crippen molar-refractivity contribution in [3.8, 4) is 0 Å². The Hall–Kier alpha value is -0.870. The van der Waals surface area contributed by atoms with Crippen molar-refractivity contribution < 1.29 is 9.90 Å². The first-order chi connectivity index (χ1) is 10.6. The minimum absolute atomic E-state index is 0.0722. The van der Waals surface area contributed by atoms with Crippen molar-refractivity contribution in [3.05, 3.63) is 12.3 Å². The van der Waals surface area contributed by atoms with E-state index in [2.05, 4.69) is 23.7 Å². The zero-order chi connectivity index (χ0) is 15.7. The number of hydrogen-bond donors (Lipinski definition) is 2. The van der Waals surface area contributed by atoms with Gasteiger partial charge in [0.15, 0.2) is 0 Å². The van der Waals surface area contributed by atoms with Gasteiger partial charge in [-0.1, -0.05) is 13.5 Å². The molecular formula is C18H30N2O2. The van der Waals surface area contributed by atoms with Crippen molar-refractivity contribution in [2.24, 2.45) is 23.7 Å². The highest BCUT2D eigenvalue weighted by Gasteiger charge is 2.39. The molecule has 2 saturated heterocycles. The van der Waals surface area contributed by atoms with Crippen LogP contribution in [0.15, 0.2) is 12.3 Å². The number of piperidine rings is 2. The highest BCUT2D eigenvalue weighted by Crippen LogP contribution is 2.39. The lowest BCUT2D eigenvalue weighted by Gasteiger charge is -2.47. The highest BCUT2D eigenvalue weighted by atomic mass is 16.3. The second-order valence-corrected chi connectivity index (χ2v) is 7.87. The average molecular weight is 306 g/mol. The number of aliphatic hydroxyl groups is 1. The largest absolute Gasteiger partial charge is 0.511 e. The van der Waals surface area contributed by atoms with Gasteiger partial charge in [0, 0.05) is 25.0 Å². The number of carbonyl (C=O) groups excluding carboxylic acids is 1. The molecule has 22 heavy (non-hydrogen) atoms. The maximum atomic E-state index is 11.2. The molecule has 0 aromatic rings. The third-order valence-corrected chi connectivity index (χ3v) is 6.11. The molecule has 3 rings (SSSR count). The summed E-state index contributed by atoms with van der Waals surface area (Å²) in [7, 11) is 0. The van der Waals surface area contributed by atoms with Crippen LogP contribution >= 0.6 is 0 Å². The Morgan fingerprint density at radius 2 is 2.05 bits per heavy atom. The number of nitrogens with one attached hydrogen (secondary N) is 1. The van der Waals surface area contributed by atoms with Crippen LogP contribution in [0.2, 0.25) is 0 Å². The molecule has 3 fully saturated rings. The maximum absolute atomic E-state index is 11.2. The van der Waals surface area contributed by atoms with Gasteiger partial charge in [-0.3, -0.25) is 4.90 Å². The zero-order valence-electron chi connectivity index (χ0n) is 13.7. The van der Waals surface area contributed by atoms with Gasteiger partial charge in [0.2, 0.25) is 0 Å². The summed E-state index contributed by atoms with van der Waals surface area (Å²) in [6.07, 6.45) is 6.96. The molecule has 6 atom stereocenters. The Kier molecular flexibility index (Phi) is 4.88. The number of hydrogen-bond acceptors (Lipinski definition) is 4. The number of likely N-dealkylation sites (tertiary alicyclic amines) is 1. The molecule has 0 bridgehead atoms.